The van der Waals surface area contributed by atoms with Crippen molar-refractivity contribution in [2.24, 2.45) is 52.3 Å². The van der Waals surface area contributed by atoms with Crippen LogP contribution in [0.4, 0.5) is 0 Å². The maximum atomic E-state index is 13.9. The van der Waals surface area contributed by atoms with Crippen LogP contribution in [0.15, 0.2) is 60.7 Å². The van der Waals surface area contributed by atoms with Crippen LogP contribution in [-0.2, 0) is 50.7 Å². The largest absolute Gasteiger partial charge is 0.481 e. The lowest BCUT2D eigenvalue weighted by atomic mass is 9.43. The topological polar surface area (TPSA) is 166 Å². The molecule has 0 aliphatic heterocycles. The lowest BCUT2D eigenvalue weighted by molar-refractivity contribution is -0.174. The summed E-state index contributed by atoms with van der Waals surface area (Å²) in [6.07, 6.45) is 7.24. The predicted octanol–water partition coefficient (Wildman–Crippen LogP) is 8.54. The number of esters is 2. The summed E-state index contributed by atoms with van der Waals surface area (Å²) in [5.41, 5.74) is 1.78. The molecule has 0 aromatic heterocycles. The van der Waals surface area contributed by atoms with Gasteiger partial charge in [-0.3, -0.25) is 18.9 Å². The smallest absolute Gasteiger partial charge is 0.332 e. The van der Waals surface area contributed by atoms with Gasteiger partial charge in [-0.2, -0.15) is 0 Å². The SMILES string of the molecule is C[C@H](CCC(=O)OCOC(=O)CCC(CP(=O)(OCc1ccccc1)OCc1ccccc1)C(=O)O)C1CCC2C3C(CC[C@@]21C)[C@@]1(C)CC[C@@H](O)CC1C[C@@H]3O. The second-order valence-corrected chi connectivity index (χ2v) is 20.1. The van der Waals surface area contributed by atoms with Crippen molar-refractivity contribution in [3.63, 3.8) is 0 Å². The molecule has 4 aliphatic carbocycles. The molecule has 0 heterocycles. The van der Waals surface area contributed by atoms with Gasteiger partial charge >= 0.3 is 25.5 Å². The van der Waals surface area contributed by atoms with E-state index in [4.69, 9.17) is 18.5 Å². The van der Waals surface area contributed by atoms with E-state index < -0.39 is 44.4 Å². The second kappa shape index (κ2) is 18.9. The van der Waals surface area contributed by atoms with Gasteiger partial charge < -0.3 is 33.8 Å². The fourth-order valence-electron chi connectivity index (χ4n) is 11.5. The summed E-state index contributed by atoms with van der Waals surface area (Å²) < 4.78 is 35.8. The Hall–Kier alpha value is -3.08. The molecule has 6 unspecified atom stereocenters. The van der Waals surface area contributed by atoms with Crippen LogP contribution in [0.5, 0.6) is 0 Å². The van der Waals surface area contributed by atoms with E-state index in [2.05, 4.69) is 20.8 Å². The number of aliphatic hydroxyl groups is 2. The molecule has 0 spiro atoms. The third-order valence-corrected chi connectivity index (χ3v) is 16.6. The van der Waals surface area contributed by atoms with E-state index in [-0.39, 0.29) is 67.3 Å². The fourth-order valence-corrected chi connectivity index (χ4v) is 13.4. The number of carbonyl (C=O) groups excluding carboxylic acids is 2. The van der Waals surface area contributed by atoms with Gasteiger partial charge in [0.25, 0.3) is 0 Å². The molecule has 12 heteroatoms. The molecule has 11 atom stereocenters. The minimum atomic E-state index is -3.93. The van der Waals surface area contributed by atoms with Crippen LogP contribution in [0.2, 0.25) is 0 Å². The number of aliphatic carboxylic acids is 1. The summed E-state index contributed by atoms with van der Waals surface area (Å²) in [6, 6.07) is 18.2. The molecule has 57 heavy (non-hydrogen) atoms. The third-order valence-electron chi connectivity index (χ3n) is 14.7. The van der Waals surface area contributed by atoms with Crippen LogP contribution >= 0.6 is 7.60 Å². The standard InChI is InChI=1S/C45H63O11P/c1-30(36-16-17-37-42-38(21-23-45(36,37)3)44(2)22-20-35(46)24-34(44)25-39(42)47)14-18-40(48)53-29-54-41(49)19-15-33(43(50)51)28-57(52,55-26-31-10-6-4-7-11-31)56-27-32-12-8-5-9-13-32/h4-13,30,33-39,42,46-47H,14-29H2,1-3H3,(H,50,51)/t30-,33?,34?,35-,36?,37?,38?,39+,42?,44+,45-/m1/s1. The lowest BCUT2D eigenvalue weighted by Crippen LogP contribution is -2.58. The van der Waals surface area contributed by atoms with Gasteiger partial charge in [-0.1, -0.05) is 81.4 Å². The summed E-state index contributed by atoms with van der Waals surface area (Å²) in [5, 5.41) is 31.9. The lowest BCUT2D eigenvalue weighted by Gasteiger charge is -2.62. The summed E-state index contributed by atoms with van der Waals surface area (Å²) in [4.78, 5) is 37.6. The zero-order chi connectivity index (χ0) is 40.8. The Morgan fingerprint density at radius 2 is 1.33 bits per heavy atom. The monoisotopic (exact) mass is 810 g/mol. The van der Waals surface area contributed by atoms with Gasteiger partial charge in [-0.15, -0.1) is 0 Å². The van der Waals surface area contributed by atoms with Gasteiger partial charge in [0, 0.05) is 12.8 Å². The molecule has 4 saturated carbocycles. The zero-order valence-electron chi connectivity index (χ0n) is 33.8. The Labute approximate surface area is 337 Å². The number of hydrogen-bond donors (Lipinski definition) is 3. The molecule has 2 aromatic carbocycles. The molecule has 0 amide bonds. The highest BCUT2D eigenvalue weighted by molar-refractivity contribution is 7.53. The molecule has 314 valence electrons. The van der Waals surface area contributed by atoms with Gasteiger partial charge in [0.1, 0.15) is 0 Å². The first-order chi connectivity index (χ1) is 27.2. The van der Waals surface area contributed by atoms with Gasteiger partial charge in [-0.25, -0.2) is 0 Å². The quantitative estimate of drug-likeness (QED) is 0.0750. The Balaban J connectivity index is 0.939. The van der Waals surface area contributed by atoms with Crippen molar-refractivity contribution in [1.82, 2.24) is 0 Å². The number of hydrogen-bond acceptors (Lipinski definition) is 10. The summed E-state index contributed by atoms with van der Waals surface area (Å²) >= 11 is 0. The average Bonchev–Trinajstić information content (AvgIpc) is 3.55. The minimum absolute atomic E-state index is 0.0378. The molecule has 4 fully saturated rings. The van der Waals surface area contributed by atoms with Crippen molar-refractivity contribution in [3.8, 4) is 0 Å². The van der Waals surface area contributed by atoms with Crippen molar-refractivity contribution in [2.75, 3.05) is 13.0 Å². The summed E-state index contributed by atoms with van der Waals surface area (Å²) in [5.74, 6) is -1.34. The first-order valence-electron chi connectivity index (χ1n) is 21.1. The maximum Gasteiger partial charge on any atom is 0.332 e. The number of rotatable bonds is 18. The van der Waals surface area contributed by atoms with Gasteiger partial charge in [0.2, 0.25) is 6.79 Å². The number of aliphatic hydroxyl groups excluding tert-OH is 2. The summed E-state index contributed by atoms with van der Waals surface area (Å²) in [7, 11) is -3.93. The summed E-state index contributed by atoms with van der Waals surface area (Å²) in [6.45, 7) is 6.41. The maximum absolute atomic E-state index is 13.9. The number of benzene rings is 2. The zero-order valence-corrected chi connectivity index (χ0v) is 34.7. The van der Waals surface area contributed by atoms with E-state index in [0.717, 1.165) is 62.5 Å². The molecule has 4 aliphatic rings. The highest BCUT2D eigenvalue weighted by Crippen LogP contribution is 2.68. The van der Waals surface area contributed by atoms with Gasteiger partial charge in [-0.05, 0) is 122 Å². The normalized spacial score (nSPS) is 31.9. The van der Waals surface area contributed by atoms with Crippen molar-refractivity contribution in [3.05, 3.63) is 71.8 Å². The van der Waals surface area contributed by atoms with Crippen LogP contribution in [0.1, 0.15) is 109 Å². The van der Waals surface area contributed by atoms with Crippen molar-refractivity contribution < 1.29 is 52.8 Å². The van der Waals surface area contributed by atoms with E-state index in [1.165, 1.54) is 0 Å². The average molecular weight is 811 g/mol. The van der Waals surface area contributed by atoms with E-state index in [1.807, 2.05) is 36.4 Å². The molecule has 0 bridgehead atoms. The van der Waals surface area contributed by atoms with Crippen molar-refractivity contribution in [2.45, 2.75) is 123 Å². The molecule has 6 rings (SSSR count). The number of ether oxygens (including phenoxy) is 2. The number of fused-ring (bicyclic) bond motifs is 5. The van der Waals surface area contributed by atoms with E-state index >= 15 is 0 Å². The van der Waals surface area contributed by atoms with Crippen LogP contribution in [0.3, 0.4) is 0 Å². The Bertz CT molecular complexity index is 1660. The second-order valence-electron chi connectivity index (χ2n) is 18.0. The molecular formula is C45H63O11P. The molecule has 2 aromatic rings. The first-order valence-corrected chi connectivity index (χ1v) is 22.8. The van der Waals surface area contributed by atoms with Crippen LogP contribution < -0.4 is 0 Å². The Morgan fingerprint density at radius 1 is 0.772 bits per heavy atom. The van der Waals surface area contributed by atoms with Crippen LogP contribution in [0.25, 0.3) is 0 Å². The van der Waals surface area contributed by atoms with Gasteiger partial charge in [0.05, 0.1) is 37.5 Å². The number of carbonyl (C=O) groups is 3. The minimum Gasteiger partial charge on any atom is -0.481 e. The van der Waals surface area contributed by atoms with E-state index in [9.17, 15) is 34.3 Å². The Morgan fingerprint density at radius 3 is 1.93 bits per heavy atom. The van der Waals surface area contributed by atoms with Crippen molar-refractivity contribution in [1.29, 1.82) is 0 Å². The Kier molecular flexibility index (Phi) is 14.4. The molecular weight excluding hydrogens is 747 g/mol. The van der Waals surface area contributed by atoms with E-state index in [0.29, 0.717) is 30.1 Å². The highest BCUT2D eigenvalue weighted by atomic mass is 31.2. The highest BCUT2D eigenvalue weighted by Gasteiger charge is 2.62. The fraction of sp³-hybridized carbons (Fsp3) is 0.667. The molecule has 3 N–H and O–H groups in total. The molecule has 0 saturated heterocycles. The van der Waals surface area contributed by atoms with Crippen molar-refractivity contribution >= 4 is 25.5 Å². The predicted molar refractivity (Wildman–Crippen MR) is 213 cm³/mol. The van der Waals surface area contributed by atoms with Gasteiger partial charge in [0.15, 0.2) is 0 Å². The first kappa shape index (κ1) is 43.5. The number of carboxylic acids is 1. The number of carboxylic acid groups (broad SMARTS) is 1. The molecule has 11 nitrogen and oxygen atoms in total. The third kappa shape index (κ3) is 10.4. The molecule has 0 radical (unpaired) electrons. The van der Waals surface area contributed by atoms with Crippen LogP contribution in [0, 0.1) is 52.3 Å². The van der Waals surface area contributed by atoms with Crippen LogP contribution in [-0.4, -0.2) is 58.4 Å². The van der Waals surface area contributed by atoms with E-state index in [1.54, 1.807) is 24.3 Å².